The topological polar surface area (TPSA) is 110 Å². The van der Waals surface area contributed by atoms with E-state index in [1.165, 1.54) is 4.57 Å². The fourth-order valence-corrected chi connectivity index (χ4v) is 4.00. The normalized spacial score (nSPS) is 12.0. The van der Waals surface area contributed by atoms with Crippen LogP contribution in [0.3, 0.4) is 0 Å². The third kappa shape index (κ3) is 5.70. The number of para-hydroxylation sites is 2. The summed E-state index contributed by atoms with van der Waals surface area (Å²) < 4.78 is 6.56. The van der Waals surface area contributed by atoms with Crippen molar-refractivity contribution in [2.45, 2.75) is 51.6 Å². The summed E-state index contributed by atoms with van der Waals surface area (Å²) in [6, 6.07) is 16.5. The molecular formula is C26H28N4O4. The van der Waals surface area contributed by atoms with Gasteiger partial charge in [0.25, 0.3) is 0 Å². The molecule has 2 aromatic heterocycles. The number of oxazole rings is 1. The molecular weight excluding hydrogens is 432 g/mol. The zero-order valence-electron chi connectivity index (χ0n) is 19.1. The van der Waals surface area contributed by atoms with Crippen molar-refractivity contribution in [3.63, 3.8) is 0 Å². The Balaban J connectivity index is 1.48. The summed E-state index contributed by atoms with van der Waals surface area (Å²) in [7, 11) is 0. The molecule has 8 heteroatoms. The third-order valence-corrected chi connectivity index (χ3v) is 5.74. The van der Waals surface area contributed by atoms with Crippen LogP contribution in [-0.2, 0) is 16.1 Å². The number of unbranched alkanes of at least 4 members (excludes halogenated alkanes) is 2. The van der Waals surface area contributed by atoms with E-state index < -0.39 is 5.76 Å². The van der Waals surface area contributed by atoms with Gasteiger partial charge in [0, 0.05) is 6.42 Å². The van der Waals surface area contributed by atoms with Crippen molar-refractivity contribution in [1.82, 2.24) is 19.9 Å². The quantitative estimate of drug-likeness (QED) is 0.323. The average molecular weight is 461 g/mol. The highest BCUT2D eigenvalue weighted by Gasteiger charge is 2.20. The van der Waals surface area contributed by atoms with E-state index in [1.54, 1.807) is 37.4 Å². The fourth-order valence-electron chi connectivity index (χ4n) is 4.00. The van der Waals surface area contributed by atoms with Gasteiger partial charge in [-0.15, -0.1) is 0 Å². The minimum Gasteiger partial charge on any atom is -0.408 e. The average Bonchev–Trinajstić information content (AvgIpc) is 3.44. The molecule has 34 heavy (non-hydrogen) atoms. The molecule has 176 valence electrons. The number of ketones is 1. The highest BCUT2D eigenvalue weighted by atomic mass is 16.4. The molecule has 0 spiro atoms. The van der Waals surface area contributed by atoms with E-state index in [4.69, 9.17) is 4.42 Å². The van der Waals surface area contributed by atoms with Crippen molar-refractivity contribution >= 4 is 22.8 Å². The number of carbonyl (C=O) groups is 2. The fraction of sp³-hybridized carbons (Fsp3) is 0.308. The van der Waals surface area contributed by atoms with Crippen LogP contribution < -0.4 is 11.1 Å². The zero-order valence-corrected chi connectivity index (χ0v) is 19.1. The number of aromatic nitrogens is 3. The molecule has 0 fully saturated rings. The van der Waals surface area contributed by atoms with Crippen molar-refractivity contribution in [2.75, 3.05) is 0 Å². The number of nitrogens with one attached hydrogen (secondary N) is 2. The molecule has 0 radical (unpaired) electrons. The molecule has 8 nitrogen and oxygen atoms in total. The van der Waals surface area contributed by atoms with Gasteiger partial charge in [0.05, 0.1) is 23.4 Å². The van der Waals surface area contributed by atoms with E-state index in [0.717, 1.165) is 30.5 Å². The molecule has 0 saturated carbocycles. The minimum atomic E-state index is -0.568. The van der Waals surface area contributed by atoms with E-state index >= 15 is 0 Å². The maximum Gasteiger partial charge on any atom is 0.420 e. The molecule has 4 rings (SSSR count). The van der Waals surface area contributed by atoms with Crippen LogP contribution in [0.2, 0.25) is 0 Å². The van der Waals surface area contributed by atoms with Crippen LogP contribution in [0.4, 0.5) is 0 Å². The van der Waals surface area contributed by atoms with Crippen LogP contribution in [0.15, 0.2) is 70.0 Å². The smallest absolute Gasteiger partial charge is 0.408 e. The SMILES string of the molecule is CC(=O)CCCCC[C@H](NC(=O)Cn1c(=O)oc2ccccc21)c1ncc(-c2ccccc2)[nH]1. The number of nitrogens with zero attached hydrogens (tertiary/aromatic N) is 2. The highest BCUT2D eigenvalue weighted by molar-refractivity contribution is 5.79. The number of aromatic amines is 1. The predicted octanol–water partition coefficient (Wildman–Crippen LogP) is 4.38. The van der Waals surface area contributed by atoms with Gasteiger partial charge in [-0.25, -0.2) is 9.78 Å². The maximum atomic E-state index is 12.9. The van der Waals surface area contributed by atoms with Crippen molar-refractivity contribution in [3.05, 3.63) is 77.2 Å². The van der Waals surface area contributed by atoms with Crippen molar-refractivity contribution in [3.8, 4) is 11.3 Å². The van der Waals surface area contributed by atoms with E-state index in [1.807, 2.05) is 30.3 Å². The minimum absolute atomic E-state index is 0.150. The molecule has 0 aliphatic heterocycles. The number of amides is 1. The summed E-state index contributed by atoms with van der Waals surface area (Å²) in [6.07, 6.45) is 5.50. The first-order chi connectivity index (χ1) is 16.5. The lowest BCUT2D eigenvalue weighted by Gasteiger charge is -2.17. The number of rotatable bonds is 11. The molecule has 4 aromatic rings. The number of fused-ring (bicyclic) bond motifs is 1. The van der Waals surface area contributed by atoms with Gasteiger partial charge < -0.3 is 19.5 Å². The van der Waals surface area contributed by atoms with Gasteiger partial charge in [-0.2, -0.15) is 0 Å². The second-order valence-corrected chi connectivity index (χ2v) is 8.39. The molecule has 2 heterocycles. The van der Waals surface area contributed by atoms with Gasteiger partial charge in [-0.3, -0.25) is 9.36 Å². The van der Waals surface area contributed by atoms with Crippen LogP contribution in [0, 0.1) is 0 Å². The first kappa shape index (κ1) is 23.2. The summed E-state index contributed by atoms with van der Waals surface area (Å²) in [6.45, 7) is 1.45. The third-order valence-electron chi connectivity index (χ3n) is 5.74. The Morgan fingerprint density at radius 2 is 1.82 bits per heavy atom. The molecule has 1 atom stereocenters. The molecule has 2 N–H and O–H groups in total. The standard InChI is InChI=1S/C26H28N4O4/c1-18(31)10-4-2-7-13-20(25-27-16-21(29-25)19-11-5-3-6-12-19)28-24(32)17-30-22-14-8-9-15-23(22)34-26(30)33/h3,5-6,8-9,11-12,14-16,20H,2,4,7,10,13,17H2,1H3,(H,27,29)(H,28,32)/t20-/m0/s1. The van der Waals surface area contributed by atoms with E-state index in [9.17, 15) is 14.4 Å². The first-order valence-electron chi connectivity index (χ1n) is 11.5. The Kier molecular flexibility index (Phi) is 7.37. The summed E-state index contributed by atoms with van der Waals surface area (Å²) in [5.41, 5.74) is 2.89. The van der Waals surface area contributed by atoms with Gasteiger partial charge in [0.1, 0.15) is 18.2 Å². The van der Waals surface area contributed by atoms with E-state index in [0.29, 0.717) is 29.8 Å². The number of benzene rings is 2. The number of hydrogen-bond donors (Lipinski definition) is 2. The van der Waals surface area contributed by atoms with Gasteiger partial charge in [0.2, 0.25) is 5.91 Å². The zero-order chi connectivity index (χ0) is 23.9. The highest BCUT2D eigenvalue weighted by Crippen LogP contribution is 2.23. The van der Waals surface area contributed by atoms with E-state index in [2.05, 4.69) is 15.3 Å². The van der Waals surface area contributed by atoms with Crippen LogP contribution in [-0.4, -0.2) is 26.2 Å². The Labute approximate surface area is 197 Å². The summed E-state index contributed by atoms with van der Waals surface area (Å²) in [5.74, 6) is -0.0362. The molecule has 0 saturated heterocycles. The molecule has 2 aromatic carbocycles. The number of Topliss-reactive ketones (excluding diaryl/α,β-unsaturated/α-hetero) is 1. The van der Waals surface area contributed by atoms with Crippen molar-refractivity contribution in [1.29, 1.82) is 0 Å². The monoisotopic (exact) mass is 460 g/mol. The maximum absolute atomic E-state index is 12.9. The first-order valence-corrected chi connectivity index (χ1v) is 11.5. The lowest BCUT2D eigenvalue weighted by Crippen LogP contribution is -2.34. The molecule has 1 amide bonds. The van der Waals surface area contributed by atoms with Crippen LogP contribution in [0.1, 0.15) is 50.9 Å². The summed E-state index contributed by atoms with van der Waals surface area (Å²) >= 11 is 0. The Morgan fingerprint density at radius 3 is 2.62 bits per heavy atom. The lowest BCUT2D eigenvalue weighted by molar-refractivity contribution is -0.122. The van der Waals surface area contributed by atoms with E-state index in [-0.39, 0.29) is 24.3 Å². The van der Waals surface area contributed by atoms with Crippen molar-refractivity contribution < 1.29 is 14.0 Å². The van der Waals surface area contributed by atoms with Gasteiger partial charge in [-0.05, 0) is 37.5 Å². The van der Waals surface area contributed by atoms with Crippen LogP contribution >= 0.6 is 0 Å². The Hall–Kier alpha value is -3.94. The summed E-state index contributed by atoms with van der Waals surface area (Å²) in [5, 5.41) is 3.03. The van der Waals surface area contributed by atoms with Crippen LogP contribution in [0.25, 0.3) is 22.4 Å². The van der Waals surface area contributed by atoms with Gasteiger partial charge >= 0.3 is 5.76 Å². The number of carbonyl (C=O) groups excluding carboxylic acids is 2. The van der Waals surface area contributed by atoms with Crippen LogP contribution in [0.5, 0.6) is 0 Å². The number of imidazole rings is 1. The largest absolute Gasteiger partial charge is 0.420 e. The number of H-pyrrole nitrogens is 1. The van der Waals surface area contributed by atoms with Gasteiger partial charge in [0.15, 0.2) is 5.58 Å². The predicted molar refractivity (Wildman–Crippen MR) is 129 cm³/mol. The molecule has 0 unspecified atom stereocenters. The Morgan fingerprint density at radius 1 is 1.06 bits per heavy atom. The second kappa shape index (κ2) is 10.8. The molecule has 0 aliphatic rings. The van der Waals surface area contributed by atoms with Crippen molar-refractivity contribution in [2.24, 2.45) is 0 Å². The molecule has 0 aliphatic carbocycles. The number of hydrogen-bond acceptors (Lipinski definition) is 5. The summed E-state index contributed by atoms with van der Waals surface area (Å²) in [4.78, 5) is 44.3. The van der Waals surface area contributed by atoms with Gasteiger partial charge in [-0.1, -0.05) is 55.3 Å². The Bertz CT molecular complexity index is 1320. The lowest BCUT2D eigenvalue weighted by atomic mass is 10.1. The second-order valence-electron chi connectivity index (χ2n) is 8.39. The molecule has 0 bridgehead atoms.